The van der Waals surface area contributed by atoms with Gasteiger partial charge in [-0.15, -0.1) is 0 Å². The van der Waals surface area contributed by atoms with E-state index in [1.807, 2.05) is 24.3 Å². The van der Waals surface area contributed by atoms with Crippen molar-refractivity contribution in [2.24, 2.45) is 5.41 Å². The molecule has 112 valence electrons. The summed E-state index contributed by atoms with van der Waals surface area (Å²) in [5.41, 5.74) is 0.138. The molecule has 0 atom stereocenters. The van der Waals surface area contributed by atoms with Gasteiger partial charge in [0.1, 0.15) is 11.2 Å². The van der Waals surface area contributed by atoms with Crippen LogP contribution in [-0.4, -0.2) is 13.0 Å². The van der Waals surface area contributed by atoms with Gasteiger partial charge in [-0.25, -0.2) is 0 Å². The first-order valence-corrected chi connectivity index (χ1v) is 7.53. The number of amides is 1. The van der Waals surface area contributed by atoms with Crippen LogP contribution in [0, 0.1) is 16.7 Å². The number of carbonyl (C=O) groups is 1. The van der Waals surface area contributed by atoms with E-state index >= 15 is 0 Å². The van der Waals surface area contributed by atoms with Crippen molar-refractivity contribution in [3.63, 3.8) is 0 Å². The highest BCUT2D eigenvalue weighted by Gasteiger charge is 2.38. The van der Waals surface area contributed by atoms with Gasteiger partial charge in [0.25, 0.3) is 0 Å². The zero-order chi connectivity index (χ0) is 15.1. The minimum atomic E-state index is -0.838. The second-order valence-corrected chi connectivity index (χ2v) is 5.64. The molecule has 0 aliphatic heterocycles. The molecule has 0 radical (unpaired) electrons. The third kappa shape index (κ3) is 3.75. The van der Waals surface area contributed by atoms with Gasteiger partial charge < -0.3 is 10.1 Å². The Morgan fingerprint density at radius 1 is 1.33 bits per heavy atom. The van der Waals surface area contributed by atoms with Crippen LogP contribution in [0.15, 0.2) is 24.3 Å². The largest absolute Gasteiger partial charge is 0.497 e. The molecule has 4 heteroatoms. The predicted octanol–water partition coefficient (Wildman–Crippen LogP) is 3.18. The standard InChI is InChI=1S/C17H22N2O2/c1-21-15-8-6-7-14(11-15)12-19-16(20)17(13-18)9-4-2-3-5-10-17/h6-8,11H,2-5,9-10,12H2,1H3,(H,19,20). The summed E-state index contributed by atoms with van der Waals surface area (Å²) in [6.45, 7) is 0.430. The zero-order valence-corrected chi connectivity index (χ0v) is 12.5. The summed E-state index contributed by atoms with van der Waals surface area (Å²) in [4.78, 5) is 12.5. The molecule has 2 rings (SSSR count). The van der Waals surface area contributed by atoms with Gasteiger partial charge in [0.15, 0.2) is 0 Å². The molecule has 1 amide bonds. The fourth-order valence-corrected chi connectivity index (χ4v) is 2.86. The molecule has 0 saturated heterocycles. The number of ether oxygens (including phenoxy) is 1. The smallest absolute Gasteiger partial charge is 0.240 e. The summed E-state index contributed by atoms with van der Waals surface area (Å²) < 4.78 is 5.17. The molecule has 21 heavy (non-hydrogen) atoms. The topological polar surface area (TPSA) is 62.1 Å². The maximum absolute atomic E-state index is 12.5. The van der Waals surface area contributed by atoms with Crippen molar-refractivity contribution in [1.29, 1.82) is 5.26 Å². The van der Waals surface area contributed by atoms with Crippen LogP contribution < -0.4 is 10.1 Å². The lowest BCUT2D eigenvalue weighted by Crippen LogP contribution is -2.39. The highest BCUT2D eigenvalue weighted by atomic mass is 16.5. The Balaban J connectivity index is 2.00. The third-order valence-electron chi connectivity index (χ3n) is 4.19. The Morgan fingerprint density at radius 2 is 2.05 bits per heavy atom. The quantitative estimate of drug-likeness (QED) is 0.865. The molecule has 0 unspecified atom stereocenters. The summed E-state index contributed by atoms with van der Waals surface area (Å²) in [6.07, 6.45) is 5.50. The Labute approximate surface area is 126 Å². The average molecular weight is 286 g/mol. The van der Waals surface area contributed by atoms with Gasteiger partial charge in [0.2, 0.25) is 5.91 Å². The van der Waals surface area contributed by atoms with E-state index in [2.05, 4.69) is 11.4 Å². The van der Waals surface area contributed by atoms with Crippen molar-refractivity contribution in [1.82, 2.24) is 5.32 Å². The van der Waals surface area contributed by atoms with Gasteiger partial charge in [0.05, 0.1) is 13.2 Å². The van der Waals surface area contributed by atoms with Gasteiger partial charge in [-0.3, -0.25) is 4.79 Å². The zero-order valence-electron chi connectivity index (χ0n) is 12.5. The number of hydrogen-bond donors (Lipinski definition) is 1. The highest BCUT2D eigenvalue weighted by Crippen LogP contribution is 2.34. The SMILES string of the molecule is COc1cccc(CNC(=O)C2(C#N)CCCCCC2)c1. The fraction of sp³-hybridized carbons (Fsp3) is 0.529. The summed E-state index contributed by atoms with van der Waals surface area (Å²) in [7, 11) is 1.62. The molecule has 1 fully saturated rings. The van der Waals surface area contributed by atoms with Crippen LogP contribution >= 0.6 is 0 Å². The number of rotatable bonds is 4. The molecular formula is C17H22N2O2. The van der Waals surface area contributed by atoms with Crippen molar-refractivity contribution in [2.45, 2.75) is 45.1 Å². The van der Waals surface area contributed by atoms with Crippen LogP contribution in [0.25, 0.3) is 0 Å². The summed E-state index contributed by atoms with van der Waals surface area (Å²) in [6, 6.07) is 9.88. The molecule has 0 aromatic heterocycles. The van der Waals surface area contributed by atoms with Gasteiger partial charge >= 0.3 is 0 Å². The van der Waals surface area contributed by atoms with E-state index in [9.17, 15) is 10.1 Å². The van der Waals surface area contributed by atoms with Gasteiger partial charge in [0, 0.05) is 6.54 Å². The molecule has 1 saturated carbocycles. The average Bonchev–Trinajstić information content (AvgIpc) is 2.79. The minimum Gasteiger partial charge on any atom is -0.497 e. The van der Waals surface area contributed by atoms with E-state index in [1.165, 1.54) is 0 Å². The van der Waals surface area contributed by atoms with Gasteiger partial charge in [-0.2, -0.15) is 5.26 Å². The summed E-state index contributed by atoms with van der Waals surface area (Å²) >= 11 is 0. The van der Waals surface area contributed by atoms with Crippen molar-refractivity contribution in [2.75, 3.05) is 7.11 Å². The van der Waals surface area contributed by atoms with Crippen LogP contribution in [0.4, 0.5) is 0 Å². The Hall–Kier alpha value is -2.02. The third-order valence-corrected chi connectivity index (χ3v) is 4.19. The van der Waals surface area contributed by atoms with E-state index < -0.39 is 5.41 Å². The number of nitrogens with one attached hydrogen (secondary N) is 1. The summed E-state index contributed by atoms with van der Waals surface area (Å²) in [5, 5.41) is 12.4. The van der Waals surface area contributed by atoms with Crippen LogP contribution in [0.5, 0.6) is 5.75 Å². The number of nitriles is 1. The molecule has 1 N–H and O–H groups in total. The molecule has 1 aliphatic rings. The number of carbonyl (C=O) groups excluding carboxylic acids is 1. The van der Waals surface area contributed by atoms with Crippen molar-refractivity contribution >= 4 is 5.91 Å². The van der Waals surface area contributed by atoms with Gasteiger partial charge in [-0.1, -0.05) is 37.8 Å². The van der Waals surface area contributed by atoms with Crippen LogP contribution in [0.2, 0.25) is 0 Å². The van der Waals surface area contributed by atoms with Gasteiger partial charge in [-0.05, 0) is 30.5 Å². The molecule has 1 aromatic rings. The van der Waals surface area contributed by atoms with E-state index in [0.717, 1.165) is 37.0 Å². The van der Waals surface area contributed by atoms with Crippen molar-refractivity contribution in [3.8, 4) is 11.8 Å². The molecular weight excluding hydrogens is 264 g/mol. The molecule has 0 bridgehead atoms. The van der Waals surface area contributed by atoms with E-state index in [0.29, 0.717) is 19.4 Å². The van der Waals surface area contributed by atoms with E-state index in [1.54, 1.807) is 7.11 Å². The number of nitrogens with zero attached hydrogens (tertiary/aromatic N) is 1. The molecule has 4 nitrogen and oxygen atoms in total. The van der Waals surface area contributed by atoms with Crippen LogP contribution in [0.1, 0.15) is 44.1 Å². The normalized spacial score (nSPS) is 17.3. The monoisotopic (exact) mass is 286 g/mol. The van der Waals surface area contributed by atoms with Crippen molar-refractivity contribution < 1.29 is 9.53 Å². The molecule has 1 aromatic carbocycles. The van der Waals surface area contributed by atoms with Crippen molar-refractivity contribution in [3.05, 3.63) is 29.8 Å². The fourth-order valence-electron chi connectivity index (χ4n) is 2.86. The lowest BCUT2D eigenvalue weighted by atomic mass is 9.81. The lowest BCUT2D eigenvalue weighted by Gasteiger charge is -2.23. The molecule has 0 spiro atoms. The van der Waals surface area contributed by atoms with Crippen LogP contribution in [-0.2, 0) is 11.3 Å². The number of hydrogen-bond acceptors (Lipinski definition) is 3. The first kappa shape index (κ1) is 15.4. The second kappa shape index (κ2) is 7.12. The maximum Gasteiger partial charge on any atom is 0.240 e. The maximum atomic E-state index is 12.5. The lowest BCUT2D eigenvalue weighted by molar-refractivity contribution is -0.129. The Morgan fingerprint density at radius 3 is 2.67 bits per heavy atom. The van der Waals surface area contributed by atoms with Crippen LogP contribution in [0.3, 0.4) is 0 Å². The van der Waals surface area contributed by atoms with E-state index in [-0.39, 0.29) is 5.91 Å². The Kier molecular flexibility index (Phi) is 5.21. The highest BCUT2D eigenvalue weighted by molar-refractivity contribution is 5.85. The first-order valence-electron chi connectivity index (χ1n) is 7.53. The number of methoxy groups -OCH3 is 1. The van der Waals surface area contributed by atoms with E-state index in [4.69, 9.17) is 4.74 Å². The minimum absolute atomic E-state index is 0.130. The molecule has 0 heterocycles. The first-order chi connectivity index (χ1) is 10.2. The Bertz CT molecular complexity index is 526. The second-order valence-electron chi connectivity index (χ2n) is 5.64. The predicted molar refractivity (Wildman–Crippen MR) is 80.6 cm³/mol. The number of benzene rings is 1. The summed E-state index contributed by atoms with van der Waals surface area (Å²) in [5.74, 6) is 0.640. The molecule has 1 aliphatic carbocycles.